The molecule has 0 saturated carbocycles. The molecule has 0 heterocycles. The topological polar surface area (TPSA) is 18.5 Å². The standard InChI is InChI=1S/C20H25ClO2/c1-3-11-22-19-15-7-5-6-8-16(15)20(23-12-4-2)18-13-14(21)9-10-17(18)19/h5-8,14H,3-4,9-13H2,1-2H3. The number of rotatable bonds is 6. The number of fused-ring (bicyclic) bond motifs is 2. The molecular weight excluding hydrogens is 308 g/mol. The van der Waals surface area contributed by atoms with Crippen LogP contribution in [0.4, 0.5) is 0 Å². The van der Waals surface area contributed by atoms with Crippen molar-refractivity contribution >= 4 is 22.4 Å². The van der Waals surface area contributed by atoms with Gasteiger partial charge in [-0.2, -0.15) is 0 Å². The summed E-state index contributed by atoms with van der Waals surface area (Å²) in [7, 11) is 0. The minimum atomic E-state index is 0.187. The van der Waals surface area contributed by atoms with Gasteiger partial charge in [0.2, 0.25) is 0 Å². The summed E-state index contributed by atoms with van der Waals surface area (Å²) >= 11 is 6.46. The zero-order chi connectivity index (χ0) is 16.2. The largest absolute Gasteiger partial charge is 0.493 e. The molecule has 0 saturated heterocycles. The summed E-state index contributed by atoms with van der Waals surface area (Å²) in [6.45, 7) is 5.76. The van der Waals surface area contributed by atoms with Crippen molar-refractivity contribution in [2.45, 2.75) is 51.3 Å². The van der Waals surface area contributed by atoms with E-state index < -0.39 is 0 Å². The predicted octanol–water partition coefficient (Wildman–Crippen LogP) is 5.51. The van der Waals surface area contributed by atoms with Crippen molar-refractivity contribution in [2.24, 2.45) is 0 Å². The van der Waals surface area contributed by atoms with Crippen LogP contribution >= 0.6 is 11.6 Å². The van der Waals surface area contributed by atoms with E-state index in [0.29, 0.717) is 0 Å². The Morgan fingerprint density at radius 2 is 1.52 bits per heavy atom. The van der Waals surface area contributed by atoms with Crippen molar-refractivity contribution in [3.8, 4) is 11.5 Å². The first-order chi connectivity index (χ1) is 11.3. The fourth-order valence-corrected chi connectivity index (χ4v) is 3.58. The normalized spacial score (nSPS) is 17.1. The van der Waals surface area contributed by atoms with Gasteiger partial charge in [-0.3, -0.25) is 0 Å². The molecule has 2 aromatic carbocycles. The molecule has 1 unspecified atom stereocenters. The van der Waals surface area contributed by atoms with Crippen molar-refractivity contribution in [3.05, 3.63) is 35.4 Å². The molecule has 1 aliphatic carbocycles. The van der Waals surface area contributed by atoms with E-state index in [1.165, 1.54) is 16.5 Å². The van der Waals surface area contributed by atoms with E-state index in [2.05, 4.69) is 38.1 Å². The van der Waals surface area contributed by atoms with Crippen LogP contribution in [0.3, 0.4) is 0 Å². The lowest BCUT2D eigenvalue weighted by Gasteiger charge is -2.27. The highest BCUT2D eigenvalue weighted by Gasteiger charge is 2.27. The van der Waals surface area contributed by atoms with Crippen molar-refractivity contribution in [1.29, 1.82) is 0 Å². The Labute approximate surface area is 143 Å². The molecule has 0 aromatic heterocycles. The third-order valence-corrected chi connectivity index (χ3v) is 4.74. The Morgan fingerprint density at radius 3 is 2.09 bits per heavy atom. The van der Waals surface area contributed by atoms with Crippen LogP contribution in [0.15, 0.2) is 24.3 Å². The van der Waals surface area contributed by atoms with Gasteiger partial charge in [-0.1, -0.05) is 38.1 Å². The summed E-state index contributed by atoms with van der Waals surface area (Å²) < 4.78 is 12.3. The molecule has 0 N–H and O–H groups in total. The summed E-state index contributed by atoms with van der Waals surface area (Å²) in [4.78, 5) is 0. The van der Waals surface area contributed by atoms with Gasteiger partial charge in [-0.25, -0.2) is 0 Å². The molecule has 124 valence electrons. The van der Waals surface area contributed by atoms with Crippen molar-refractivity contribution in [1.82, 2.24) is 0 Å². The second kappa shape index (κ2) is 7.44. The smallest absolute Gasteiger partial charge is 0.130 e. The summed E-state index contributed by atoms with van der Waals surface area (Å²) in [5, 5.41) is 2.50. The number of ether oxygens (including phenoxy) is 2. The highest BCUT2D eigenvalue weighted by atomic mass is 35.5. The fourth-order valence-electron chi connectivity index (χ4n) is 3.32. The van der Waals surface area contributed by atoms with Gasteiger partial charge in [0.15, 0.2) is 0 Å². The van der Waals surface area contributed by atoms with Crippen LogP contribution < -0.4 is 9.47 Å². The molecule has 0 radical (unpaired) electrons. The van der Waals surface area contributed by atoms with E-state index >= 15 is 0 Å². The van der Waals surface area contributed by atoms with Crippen molar-refractivity contribution in [3.63, 3.8) is 0 Å². The molecule has 2 aromatic rings. The molecule has 0 spiro atoms. The molecule has 3 heteroatoms. The van der Waals surface area contributed by atoms with Crippen LogP contribution in [0, 0.1) is 0 Å². The minimum Gasteiger partial charge on any atom is -0.493 e. The number of halogens is 1. The highest BCUT2D eigenvalue weighted by molar-refractivity contribution is 6.21. The van der Waals surface area contributed by atoms with Gasteiger partial charge in [0.05, 0.1) is 13.2 Å². The maximum Gasteiger partial charge on any atom is 0.130 e. The average molecular weight is 333 g/mol. The lowest BCUT2D eigenvalue weighted by molar-refractivity contribution is 0.306. The summed E-state index contributed by atoms with van der Waals surface area (Å²) in [5.41, 5.74) is 2.56. The first kappa shape index (κ1) is 16.4. The van der Waals surface area contributed by atoms with Crippen LogP contribution in [-0.4, -0.2) is 18.6 Å². The van der Waals surface area contributed by atoms with Gasteiger partial charge < -0.3 is 9.47 Å². The number of hydrogen-bond donors (Lipinski definition) is 0. The third-order valence-electron chi connectivity index (χ3n) is 4.36. The van der Waals surface area contributed by atoms with Crippen LogP contribution in [0.2, 0.25) is 0 Å². The van der Waals surface area contributed by atoms with Crippen molar-refractivity contribution < 1.29 is 9.47 Å². The number of benzene rings is 2. The molecule has 0 bridgehead atoms. The molecule has 1 aliphatic rings. The molecule has 3 rings (SSSR count). The van der Waals surface area contributed by atoms with Crippen LogP contribution in [0.1, 0.15) is 44.2 Å². The van der Waals surface area contributed by atoms with Crippen LogP contribution in [-0.2, 0) is 12.8 Å². The SMILES string of the molecule is CCCOc1c2c(c(OCCC)c3ccccc13)CC(Cl)CC2. The van der Waals surface area contributed by atoms with Gasteiger partial charge in [0.25, 0.3) is 0 Å². The molecule has 0 fully saturated rings. The van der Waals surface area contributed by atoms with E-state index in [1.54, 1.807) is 0 Å². The first-order valence-corrected chi connectivity index (χ1v) is 9.16. The summed E-state index contributed by atoms with van der Waals surface area (Å²) in [5.74, 6) is 2.07. The van der Waals surface area contributed by atoms with E-state index in [4.69, 9.17) is 21.1 Å². The third kappa shape index (κ3) is 3.28. The van der Waals surface area contributed by atoms with E-state index in [1.807, 2.05) is 0 Å². The quantitative estimate of drug-likeness (QED) is 0.649. The van der Waals surface area contributed by atoms with E-state index in [9.17, 15) is 0 Å². The lowest BCUT2D eigenvalue weighted by Crippen LogP contribution is -2.17. The molecule has 0 aliphatic heterocycles. The van der Waals surface area contributed by atoms with Crippen LogP contribution in [0.5, 0.6) is 11.5 Å². The minimum absolute atomic E-state index is 0.187. The van der Waals surface area contributed by atoms with Gasteiger partial charge in [-0.15, -0.1) is 11.6 Å². The van der Waals surface area contributed by atoms with Gasteiger partial charge in [0, 0.05) is 27.3 Å². The molecule has 1 atom stereocenters. The van der Waals surface area contributed by atoms with Gasteiger partial charge in [0.1, 0.15) is 11.5 Å². The first-order valence-electron chi connectivity index (χ1n) is 8.72. The van der Waals surface area contributed by atoms with Crippen LogP contribution in [0.25, 0.3) is 10.8 Å². The fraction of sp³-hybridized carbons (Fsp3) is 0.500. The zero-order valence-electron chi connectivity index (χ0n) is 14.0. The maximum absolute atomic E-state index is 6.46. The Bertz CT molecular complexity index is 681. The second-order valence-electron chi connectivity index (χ2n) is 6.20. The Kier molecular flexibility index (Phi) is 5.32. The van der Waals surface area contributed by atoms with E-state index in [0.717, 1.165) is 62.2 Å². The molecule has 2 nitrogen and oxygen atoms in total. The zero-order valence-corrected chi connectivity index (χ0v) is 14.8. The average Bonchev–Trinajstić information content (AvgIpc) is 2.58. The van der Waals surface area contributed by atoms with Gasteiger partial charge in [-0.05, 0) is 32.1 Å². The van der Waals surface area contributed by atoms with E-state index in [-0.39, 0.29) is 5.38 Å². The second-order valence-corrected chi connectivity index (χ2v) is 6.82. The predicted molar refractivity (Wildman–Crippen MR) is 97.2 cm³/mol. The Balaban J connectivity index is 2.21. The Hall–Kier alpha value is -1.41. The summed E-state index contributed by atoms with van der Waals surface area (Å²) in [6.07, 6.45) is 4.85. The number of hydrogen-bond acceptors (Lipinski definition) is 2. The van der Waals surface area contributed by atoms with Gasteiger partial charge >= 0.3 is 0 Å². The molecular formula is C20H25ClO2. The summed E-state index contributed by atoms with van der Waals surface area (Å²) in [6, 6.07) is 8.42. The molecule has 23 heavy (non-hydrogen) atoms. The Morgan fingerprint density at radius 1 is 0.957 bits per heavy atom. The van der Waals surface area contributed by atoms with Crippen molar-refractivity contribution in [2.75, 3.05) is 13.2 Å². The maximum atomic E-state index is 6.46. The number of alkyl halides is 1. The monoisotopic (exact) mass is 332 g/mol. The highest BCUT2D eigenvalue weighted by Crippen LogP contribution is 2.45. The lowest BCUT2D eigenvalue weighted by atomic mass is 9.87. The molecule has 0 amide bonds.